The number of carboxylic acid groups (broad SMARTS) is 1. The molecule has 1 aliphatic carbocycles. The first-order chi connectivity index (χ1) is 9.65. The van der Waals surface area contributed by atoms with E-state index in [1.165, 1.54) is 19.3 Å². The van der Waals surface area contributed by atoms with Crippen LogP contribution in [0.15, 0.2) is 30.3 Å². The summed E-state index contributed by atoms with van der Waals surface area (Å²) in [6.07, 6.45) is 3.84. The molecule has 4 heteroatoms. The first-order valence-electron chi connectivity index (χ1n) is 6.99. The Morgan fingerprint density at radius 2 is 2.15 bits per heavy atom. The zero-order chi connectivity index (χ0) is 14.1. The van der Waals surface area contributed by atoms with E-state index in [4.69, 9.17) is 0 Å². The summed E-state index contributed by atoms with van der Waals surface area (Å²) < 4.78 is 0. The number of pyridine rings is 1. The second kappa shape index (κ2) is 5.12. The molecule has 4 nitrogen and oxygen atoms in total. The number of nitrogens with zero attached hydrogens (tertiary/aromatic N) is 2. The smallest absolute Gasteiger partial charge is 0.336 e. The molecule has 104 valence electrons. The van der Waals surface area contributed by atoms with E-state index in [9.17, 15) is 9.90 Å². The van der Waals surface area contributed by atoms with E-state index in [2.05, 4.69) is 9.88 Å². The number of carbonyl (C=O) groups is 1. The number of fused-ring (bicyclic) bond motifs is 1. The van der Waals surface area contributed by atoms with Crippen LogP contribution in [0.2, 0.25) is 0 Å². The third kappa shape index (κ3) is 2.33. The Labute approximate surface area is 118 Å². The number of aromatic carboxylic acids is 1. The zero-order valence-corrected chi connectivity index (χ0v) is 11.5. The fraction of sp³-hybridized carbons (Fsp3) is 0.375. The maximum absolute atomic E-state index is 11.4. The largest absolute Gasteiger partial charge is 0.478 e. The molecule has 1 heterocycles. The average molecular weight is 270 g/mol. The second-order valence-electron chi connectivity index (χ2n) is 5.53. The average Bonchev–Trinajstić information content (AvgIpc) is 2.41. The molecule has 1 aromatic heterocycles. The highest BCUT2D eigenvalue weighted by molar-refractivity contribution is 6.03. The molecule has 1 aromatic carbocycles. The van der Waals surface area contributed by atoms with Crippen LogP contribution >= 0.6 is 0 Å². The van der Waals surface area contributed by atoms with Gasteiger partial charge in [0.15, 0.2) is 0 Å². The van der Waals surface area contributed by atoms with Crippen LogP contribution in [0.25, 0.3) is 10.9 Å². The molecule has 1 aliphatic rings. The standard InChI is InChI=1S/C16H18N2O2/c1-18(10-11-5-4-6-11)15-9-13(16(19)20)12-7-2-3-8-14(12)17-15/h2-3,7-9,11H,4-6,10H2,1H3,(H,19,20). The van der Waals surface area contributed by atoms with Crippen molar-refractivity contribution in [3.8, 4) is 0 Å². The van der Waals surface area contributed by atoms with Gasteiger partial charge in [0.2, 0.25) is 0 Å². The number of rotatable bonds is 4. The van der Waals surface area contributed by atoms with Gasteiger partial charge in [-0.2, -0.15) is 0 Å². The van der Waals surface area contributed by atoms with Gasteiger partial charge in [-0.05, 0) is 30.9 Å². The summed E-state index contributed by atoms with van der Waals surface area (Å²) in [4.78, 5) is 18.1. The minimum absolute atomic E-state index is 0.325. The summed E-state index contributed by atoms with van der Waals surface area (Å²) in [7, 11) is 1.99. The van der Waals surface area contributed by atoms with Gasteiger partial charge in [-0.1, -0.05) is 24.6 Å². The molecule has 1 fully saturated rings. The minimum Gasteiger partial charge on any atom is -0.478 e. The topological polar surface area (TPSA) is 53.4 Å². The van der Waals surface area contributed by atoms with E-state index >= 15 is 0 Å². The molecule has 2 aromatic rings. The van der Waals surface area contributed by atoms with Gasteiger partial charge in [-0.25, -0.2) is 9.78 Å². The first-order valence-corrected chi connectivity index (χ1v) is 6.99. The van der Waals surface area contributed by atoms with Crippen molar-refractivity contribution in [3.05, 3.63) is 35.9 Å². The van der Waals surface area contributed by atoms with Crippen LogP contribution in [-0.2, 0) is 0 Å². The van der Waals surface area contributed by atoms with Gasteiger partial charge < -0.3 is 10.0 Å². The van der Waals surface area contributed by atoms with Crippen LogP contribution in [0.4, 0.5) is 5.82 Å². The first kappa shape index (κ1) is 12.9. The molecular weight excluding hydrogens is 252 g/mol. The van der Waals surface area contributed by atoms with Crippen LogP contribution < -0.4 is 4.90 Å². The molecule has 3 rings (SSSR count). The minimum atomic E-state index is -0.901. The van der Waals surface area contributed by atoms with E-state index < -0.39 is 5.97 Å². The quantitative estimate of drug-likeness (QED) is 0.927. The van der Waals surface area contributed by atoms with Crippen LogP contribution in [0.3, 0.4) is 0 Å². The molecule has 0 amide bonds. The summed E-state index contributed by atoms with van der Waals surface area (Å²) in [5.74, 6) is 0.566. The van der Waals surface area contributed by atoms with Crippen molar-refractivity contribution in [2.75, 3.05) is 18.5 Å². The Balaban J connectivity index is 2.00. The van der Waals surface area contributed by atoms with E-state index in [-0.39, 0.29) is 0 Å². The lowest BCUT2D eigenvalue weighted by Gasteiger charge is -2.30. The monoisotopic (exact) mass is 270 g/mol. The summed E-state index contributed by atoms with van der Waals surface area (Å²) >= 11 is 0. The Hall–Kier alpha value is -2.10. The number of benzene rings is 1. The highest BCUT2D eigenvalue weighted by Crippen LogP contribution is 2.29. The molecule has 0 radical (unpaired) electrons. The van der Waals surface area contributed by atoms with Crippen LogP contribution in [0.5, 0.6) is 0 Å². The maximum atomic E-state index is 11.4. The van der Waals surface area contributed by atoms with Crippen molar-refractivity contribution in [2.45, 2.75) is 19.3 Å². The van der Waals surface area contributed by atoms with Crippen molar-refractivity contribution in [3.63, 3.8) is 0 Å². The Bertz CT molecular complexity index is 650. The van der Waals surface area contributed by atoms with Gasteiger partial charge in [-0.15, -0.1) is 0 Å². The highest BCUT2D eigenvalue weighted by atomic mass is 16.4. The predicted octanol–water partition coefficient (Wildman–Crippen LogP) is 3.17. The number of carboxylic acids is 1. The van der Waals surface area contributed by atoms with Crippen LogP contribution in [-0.4, -0.2) is 29.7 Å². The normalized spacial score (nSPS) is 15.1. The SMILES string of the molecule is CN(CC1CCC1)c1cc(C(=O)O)c2ccccc2n1. The lowest BCUT2D eigenvalue weighted by Crippen LogP contribution is -2.30. The van der Waals surface area contributed by atoms with E-state index in [0.717, 1.165) is 23.8 Å². The van der Waals surface area contributed by atoms with Gasteiger partial charge in [0.05, 0.1) is 11.1 Å². The van der Waals surface area contributed by atoms with Crippen LogP contribution in [0.1, 0.15) is 29.6 Å². The number of aromatic nitrogens is 1. The van der Waals surface area contributed by atoms with Crippen molar-refractivity contribution in [1.82, 2.24) is 4.98 Å². The lowest BCUT2D eigenvalue weighted by molar-refractivity contribution is 0.0699. The van der Waals surface area contributed by atoms with E-state index in [1.54, 1.807) is 6.07 Å². The van der Waals surface area contributed by atoms with Crippen molar-refractivity contribution in [2.24, 2.45) is 5.92 Å². The lowest BCUT2D eigenvalue weighted by atomic mass is 9.85. The zero-order valence-electron chi connectivity index (χ0n) is 11.5. The van der Waals surface area contributed by atoms with Gasteiger partial charge in [-0.3, -0.25) is 0 Å². The number of para-hydroxylation sites is 1. The predicted molar refractivity (Wildman–Crippen MR) is 79.3 cm³/mol. The van der Waals surface area contributed by atoms with Crippen molar-refractivity contribution >= 4 is 22.7 Å². The molecular formula is C16H18N2O2. The molecule has 1 N–H and O–H groups in total. The van der Waals surface area contributed by atoms with Crippen molar-refractivity contribution < 1.29 is 9.90 Å². The fourth-order valence-electron chi connectivity index (χ4n) is 2.69. The van der Waals surface area contributed by atoms with Gasteiger partial charge >= 0.3 is 5.97 Å². The second-order valence-corrected chi connectivity index (χ2v) is 5.53. The summed E-state index contributed by atoms with van der Waals surface area (Å²) in [5.41, 5.74) is 1.06. The molecule has 20 heavy (non-hydrogen) atoms. The molecule has 0 spiro atoms. The summed E-state index contributed by atoms with van der Waals surface area (Å²) in [6, 6.07) is 9.08. The summed E-state index contributed by atoms with van der Waals surface area (Å²) in [6.45, 7) is 0.949. The van der Waals surface area contributed by atoms with Gasteiger partial charge in [0, 0.05) is 19.0 Å². The molecule has 0 aliphatic heterocycles. The highest BCUT2D eigenvalue weighted by Gasteiger charge is 2.21. The Morgan fingerprint density at radius 3 is 2.80 bits per heavy atom. The third-order valence-corrected chi connectivity index (χ3v) is 4.08. The Kier molecular flexibility index (Phi) is 3.30. The number of hydrogen-bond acceptors (Lipinski definition) is 3. The molecule has 0 saturated heterocycles. The van der Waals surface area contributed by atoms with Crippen molar-refractivity contribution in [1.29, 1.82) is 0 Å². The molecule has 0 atom stereocenters. The fourth-order valence-corrected chi connectivity index (χ4v) is 2.69. The number of anilines is 1. The molecule has 0 bridgehead atoms. The molecule has 0 unspecified atom stereocenters. The Morgan fingerprint density at radius 1 is 1.40 bits per heavy atom. The number of hydrogen-bond donors (Lipinski definition) is 1. The molecule has 1 saturated carbocycles. The van der Waals surface area contributed by atoms with Crippen LogP contribution in [0, 0.1) is 5.92 Å². The van der Waals surface area contributed by atoms with E-state index in [0.29, 0.717) is 10.9 Å². The van der Waals surface area contributed by atoms with Gasteiger partial charge in [0.1, 0.15) is 5.82 Å². The third-order valence-electron chi connectivity index (χ3n) is 4.08. The van der Waals surface area contributed by atoms with E-state index in [1.807, 2.05) is 31.3 Å². The maximum Gasteiger partial charge on any atom is 0.336 e. The summed E-state index contributed by atoms with van der Waals surface area (Å²) in [5, 5.41) is 10.1. The van der Waals surface area contributed by atoms with Gasteiger partial charge in [0.25, 0.3) is 0 Å².